The lowest BCUT2D eigenvalue weighted by molar-refractivity contribution is -0.331. The van der Waals surface area contributed by atoms with Crippen molar-refractivity contribution >= 4 is 0 Å². The molecule has 0 saturated carbocycles. The number of nitrogens with zero attached hydrogens (tertiary/aromatic N) is 2. The lowest BCUT2D eigenvalue weighted by Crippen LogP contribution is -2.29. The Morgan fingerprint density at radius 3 is 2.06 bits per heavy atom. The number of aliphatic hydroxyl groups is 3. The van der Waals surface area contributed by atoms with E-state index in [9.17, 15) is 15.1 Å². The van der Waals surface area contributed by atoms with Crippen LogP contribution in [0.25, 0.3) is 5.69 Å². The van der Waals surface area contributed by atoms with Crippen molar-refractivity contribution in [3.8, 4) is 11.4 Å². The van der Waals surface area contributed by atoms with Gasteiger partial charge in [-0.3, -0.25) is 4.79 Å². The zero-order valence-electron chi connectivity index (χ0n) is 8.93. The fourth-order valence-electron chi connectivity index (χ4n) is 1.57. The first-order valence-electron chi connectivity index (χ1n) is 4.83. The Kier molecular flexibility index (Phi) is 2.62. The Morgan fingerprint density at radius 1 is 1.06 bits per heavy atom. The van der Waals surface area contributed by atoms with Gasteiger partial charge in [0.2, 0.25) is 11.4 Å². The van der Waals surface area contributed by atoms with E-state index >= 15 is 0 Å². The number of para-hydroxylation sites is 1. The standard InChI is InChI=1S/C10H10N2O6/c13-7-8(10(15,16)17)12(18)11(9(7)14)6-4-2-1-3-5-6/h1-5,13,15-18H. The number of aromatic nitrogens is 2. The minimum Gasteiger partial charge on any atom is -0.501 e. The van der Waals surface area contributed by atoms with Crippen molar-refractivity contribution in [2.24, 2.45) is 0 Å². The van der Waals surface area contributed by atoms with Crippen LogP contribution in [0.1, 0.15) is 5.69 Å². The summed E-state index contributed by atoms with van der Waals surface area (Å²) in [5, 5.41) is 45.9. The maximum absolute atomic E-state index is 11.7. The highest BCUT2D eigenvalue weighted by atomic mass is 16.7. The minimum absolute atomic E-state index is 0.0347. The second kappa shape index (κ2) is 3.88. The van der Waals surface area contributed by atoms with Gasteiger partial charge >= 0.3 is 11.5 Å². The van der Waals surface area contributed by atoms with Gasteiger partial charge < -0.3 is 25.6 Å². The summed E-state index contributed by atoms with van der Waals surface area (Å²) in [6.45, 7) is 0. The summed E-state index contributed by atoms with van der Waals surface area (Å²) in [5.74, 6) is -4.72. The molecule has 0 spiro atoms. The molecular weight excluding hydrogens is 244 g/mol. The Labute approximate surface area is 99.8 Å². The molecule has 0 fully saturated rings. The van der Waals surface area contributed by atoms with E-state index < -0.39 is 23.0 Å². The molecule has 1 aromatic heterocycles. The van der Waals surface area contributed by atoms with Gasteiger partial charge in [-0.1, -0.05) is 18.2 Å². The van der Waals surface area contributed by atoms with Crippen LogP contribution in [0.4, 0.5) is 0 Å². The van der Waals surface area contributed by atoms with Gasteiger partial charge in [0.25, 0.3) is 0 Å². The normalized spacial score (nSPS) is 11.7. The van der Waals surface area contributed by atoms with E-state index in [1.54, 1.807) is 18.2 Å². The van der Waals surface area contributed by atoms with E-state index in [2.05, 4.69) is 0 Å². The van der Waals surface area contributed by atoms with Crippen LogP contribution >= 0.6 is 0 Å². The average molecular weight is 254 g/mol. The molecule has 0 unspecified atom stereocenters. The van der Waals surface area contributed by atoms with E-state index in [4.69, 9.17) is 15.3 Å². The molecule has 0 radical (unpaired) electrons. The molecule has 1 aromatic carbocycles. The number of aromatic hydroxyl groups is 1. The molecule has 0 amide bonds. The third kappa shape index (κ3) is 1.74. The molecule has 8 nitrogen and oxygen atoms in total. The average Bonchev–Trinajstić information content (AvgIpc) is 2.50. The molecular formula is C10H10N2O6. The smallest absolute Gasteiger partial charge is 0.329 e. The predicted octanol–water partition coefficient (Wildman–Crippen LogP) is -1.33. The van der Waals surface area contributed by atoms with Crippen LogP contribution in [0.15, 0.2) is 35.1 Å². The van der Waals surface area contributed by atoms with Crippen molar-refractivity contribution in [2.75, 3.05) is 0 Å². The van der Waals surface area contributed by atoms with Gasteiger partial charge in [-0.05, 0) is 12.1 Å². The number of benzene rings is 1. The zero-order chi connectivity index (χ0) is 13.5. The van der Waals surface area contributed by atoms with E-state index in [0.29, 0.717) is 4.68 Å². The Balaban J connectivity index is 2.77. The number of hydrogen-bond donors (Lipinski definition) is 5. The summed E-state index contributed by atoms with van der Waals surface area (Å²) < 4.78 is 0.558. The molecule has 0 aliphatic heterocycles. The summed E-state index contributed by atoms with van der Waals surface area (Å²) in [6, 6.07) is 7.66. The summed E-state index contributed by atoms with van der Waals surface area (Å²) >= 11 is 0. The third-order valence-electron chi connectivity index (χ3n) is 2.33. The molecule has 0 bridgehead atoms. The van der Waals surface area contributed by atoms with E-state index in [1.165, 1.54) is 12.1 Å². The van der Waals surface area contributed by atoms with Crippen molar-refractivity contribution < 1.29 is 25.6 Å². The second-order valence-corrected chi connectivity index (χ2v) is 3.57. The molecule has 8 heteroatoms. The van der Waals surface area contributed by atoms with Crippen molar-refractivity contribution in [1.29, 1.82) is 0 Å². The SMILES string of the molecule is O=c1c(O)c(C(O)(O)O)n(O)n1-c1ccccc1. The first-order chi connectivity index (χ1) is 8.34. The summed E-state index contributed by atoms with van der Waals surface area (Å²) in [6.07, 6.45) is 0. The van der Waals surface area contributed by atoms with Crippen LogP contribution in [-0.4, -0.2) is 35.2 Å². The minimum atomic E-state index is -3.54. The number of rotatable bonds is 2. The molecule has 0 aliphatic rings. The zero-order valence-corrected chi connectivity index (χ0v) is 8.93. The molecule has 1 heterocycles. The van der Waals surface area contributed by atoms with Crippen molar-refractivity contribution in [3.05, 3.63) is 46.4 Å². The molecule has 0 atom stereocenters. The summed E-state index contributed by atoms with van der Waals surface area (Å²) in [5.41, 5.74) is -2.09. The van der Waals surface area contributed by atoms with Crippen LogP contribution < -0.4 is 5.56 Å². The molecule has 96 valence electrons. The van der Waals surface area contributed by atoms with Crippen LogP contribution in [0.2, 0.25) is 0 Å². The Morgan fingerprint density at radius 2 is 1.61 bits per heavy atom. The topological polar surface area (TPSA) is 128 Å². The number of hydrogen-bond acceptors (Lipinski definition) is 6. The van der Waals surface area contributed by atoms with Crippen molar-refractivity contribution in [1.82, 2.24) is 9.53 Å². The van der Waals surface area contributed by atoms with Crippen LogP contribution in [0, 0.1) is 0 Å². The van der Waals surface area contributed by atoms with Gasteiger partial charge in [0.15, 0.2) is 0 Å². The summed E-state index contributed by atoms with van der Waals surface area (Å²) in [7, 11) is 0. The summed E-state index contributed by atoms with van der Waals surface area (Å²) in [4.78, 5) is 11.6. The molecule has 2 rings (SSSR count). The van der Waals surface area contributed by atoms with E-state index in [1.807, 2.05) is 0 Å². The molecule has 18 heavy (non-hydrogen) atoms. The molecule has 2 aromatic rings. The monoisotopic (exact) mass is 254 g/mol. The predicted molar refractivity (Wildman–Crippen MR) is 57.2 cm³/mol. The molecule has 0 saturated heterocycles. The first kappa shape index (κ1) is 12.2. The fraction of sp³-hybridized carbons (Fsp3) is 0.100. The van der Waals surface area contributed by atoms with Gasteiger partial charge in [-0.2, -0.15) is 4.68 Å². The Hall–Kier alpha value is -2.29. The van der Waals surface area contributed by atoms with Gasteiger partial charge in [-0.15, -0.1) is 4.85 Å². The van der Waals surface area contributed by atoms with Gasteiger partial charge in [-0.25, -0.2) is 0 Å². The van der Waals surface area contributed by atoms with Crippen molar-refractivity contribution in [2.45, 2.75) is 5.97 Å². The molecule has 5 N–H and O–H groups in total. The third-order valence-corrected chi connectivity index (χ3v) is 2.33. The highest BCUT2D eigenvalue weighted by molar-refractivity contribution is 5.36. The lowest BCUT2D eigenvalue weighted by Gasteiger charge is -2.14. The van der Waals surface area contributed by atoms with E-state index in [-0.39, 0.29) is 10.5 Å². The van der Waals surface area contributed by atoms with Gasteiger partial charge in [0, 0.05) is 0 Å². The molecule has 0 aliphatic carbocycles. The highest BCUT2D eigenvalue weighted by Gasteiger charge is 2.36. The maximum atomic E-state index is 11.7. The van der Waals surface area contributed by atoms with E-state index in [0.717, 1.165) is 0 Å². The van der Waals surface area contributed by atoms with Gasteiger partial charge in [0.1, 0.15) is 0 Å². The van der Waals surface area contributed by atoms with Crippen LogP contribution in [-0.2, 0) is 5.97 Å². The maximum Gasteiger partial charge on any atom is 0.329 e. The largest absolute Gasteiger partial charge is 0.501 e. The second-order valence-electron chi connectivity index (χ2n) is 3.57. The van der Waals surface area contributed by atoms with Gasteiger partial charge in [0.05, 0.1) is 5.69 Å². The quantitative estimate of drug-likeness (QED) is 0.333. The van der Waals surface area contributed by atoms with Crippen LogP contribution in [0.5, 0.6) is 5.75 Å². The first-order valence-corrected chi connectivity index (χ1v) is 4.83. The van der Waals surface area contributed by atoms with Crippen molar-refractivity contribution in [3.63, 3.8) is 0 Å². The Bertz CT molecular complexity index is 622. The lowest BCUT2D eigenvalue weighted by atomic mass is 10.3. The fourth-order valence-corrected chi connectivity index (χ4v) is 1.57. The highest BCUT2D eigenvalue weighted by Crippen LogP contribution is 2.23. The van der Waals surface area contributed by atoms with Crippen LogP contribution in [0.3, 0.4) is 0 Å².